The van der Waals surface area contributed by atoms with Crippen molar-refractivity contribution in [2.24, 2.45) is 0 Å². The predicted octanol–water partition coefficient (Wildman–Crippen LogP) is 2.66. The Balaban J connectivity index is 1.74. The van der Waals surface area contributed by atoms with Crippen LogP contribution in [0.5, 0.6) is 5.75 Å². The fraction of sp³-hybridized carbons (Fsp3) is 0.273. The number of benzene rings is 2. The van der Waals surface area contributed by atoms with E-state index in [0.29, 0.717) is 17.0 Å². The molecule has 0 heterocycles. The van der Waals surface area contributed by atoms with Crippen LogP contribution in [0, 0.1) is 0 Å². The van der Waals surface area contributed by atoms with E-state index >= 15 is 0 Å². The molecule has 0 saturated carbocycles. The highest BCUT2D eigenvalue weighted by Gasteiger charge is 2.13. The van der Waals surface area contributed by atoms with E-state index in [0.717, 1.165) is 5.56 Å². The average molecular weight is 443 g/mol. The number of hydrogen-bond donors (Lipinski definition) is 4. The predicted molar refractivity (Wildman–Crippen MR) is 123 cm³/mol. The van der Waals surface area contributed by atoms with Gasteiger partial charge in [-0.05, 0) is 59.6 Å². The fourth-order valence-electron chi connectivity index (χ4n) is 2.49. The molecule has 0 unspecified atom stereocenters. The Morgan fingerprint density at radius 1 is 0.935 bits per heavy atom. The number of thiocarbonyl (C=S) groups is 1. The molecule has 0 aliphatic heterocycles. The minimum Gasteiger partial charge on any atom is -0.484 e. The molecular weight excluding hydrogens is 416 g/mol. The molecule has 0 aliphatic carbocycles. The minimum atomic E-state index is -0.466. The topological polar surface area (TPSA) is 109 Å². The number of rotatable bonds is 5. The van der Waals surface area contributed by atoms with Gasteiger partial charge in [-0.1, -0.05) is 32.9 Å². The lowest BCUT2D eigenvalue weighted by atomic mass is 9.87. The van der Waals surface area contributed by atoms with Crippen LogP contribution < -0.4 is 26.2 Å². The molecule has 4 N–H and O–H groups in total. The maximum atomic E-state index is 12.1. The molecule has 31 heavy (non-hydrogen) atoms. The Morgan fingerprint density at radius 3 is 2.10 bits per heavy atom. The molecular formula is C22H26N4O4S. The molecule has 8 nitrogen and oxygen atoms in total. The van der Waals surface area contributed by atoms with Gasteiger partial charge in [-0.15, -0.1) is 0 Å². The van der Waals surface area contributed by atoms with Gasteiger partial charge in [-0.2, -0.15) is 0 Å². The van der Waals surface area contributed by atoms with Gasteiger partial charge in [0.2, 0.25) is 5.91 Å². The van der Waals surface area contributed by atoms with Crippen LogP contribution in [0.15, 0.2) is 48.5 Å². The molecule has 2 aromatic rings. The van der Waals surface area contributed by atoms with Crippen molar-refractivity contribution in [3.63, 3.8) is 0 Å². The lowest BCUT2D eigenvalue weighted by Crippen LogP contribution is -2.49. The molecule has 0 spiro atoms. The number of anilines is 1. The lowest BCUT2D eigenvalue weighted by molar-refractivity contribution is -0.121. The Bertz CT molecular complexity index is 951. The van der Waals surface area contributed by atoms with Gasteiger partial charge in [0.05, 0.1) is 0 Å². The van der Waals surface area contributed by atoms with Crippen LogP contribution in [0.4, 0.5) is 5.69 Å². The molecule has 0 fully saturated rings. The van der Waals surface area contributed by atoms with Crippen LogP contribution in [0.2, 0.25) is 0 Å². The zero-order valence-electron chi connectivity index (χ0n) is 17.9. The summed E-state index contributed by atoms with van der Waals surface area (Å²) in [5, 5.41) is 4.96. The number of hydrogen-bond acceptors (Lipinski definition) is 5. The first-order valence-electron chi connectivity index (χ1n) is 9.56. The van der Waals surface area contributed by atoms with Crippen molar-refractivity contribution in [1.82, 2.24) is 16.2 Å². The monoisotopic (exact) mass is 442 g/mol. The highest BCUT2D eigenvalue weighted by Crippen LogP contribution is 2.24. The molecule has 3 amide bonds. The molecule has 0 aromatic heterocycles. The third-order valence-electron chi connectivity index (χ3n) is 4.10. The van der Waals surface area contributed by atoms with Gasteiger partial charge in [-0.3, -0.25) is 30.6 Å². The summed E-state index contributed by atoms with van der Waals surface area (Å²) in [5.41, 5.74) is 6.96. The van der Waals surface area contributed by atoms with Gasteiger partial charge in [0.25, 0.3) is 11.8 Å². The molecule has 0 bridgehead atoms. The number of nitrogens with one attached hydrogen (secondary N) is 4. The van der Waals surface area contributed by atoms with E-state index < -0.39 is 11.8 Å². The first-order valence-corrected chi connectivity index (χ1v) is 9.96. The van der Waals surface area contributed by atoms with Crippen molar-refractivity contribution in [2.45, 2.75) is 33.1 Å². The Morgan fingerprint density at radius 2 is 1.55 bits per heavy atom. The van der Waals surface area contributed by atoms with Crippen LogP contribution in [-0.4, -0.2) is 29.4 Å². The van der Waals surface area contributed by atoms with Gasteiger partial charge < -0.3 is 10.1 Å². The number of ether oxygens (including phenoxy) is 1. The fourth-order valence-corrected chi connectivity index (χ4v) is 2.65. The minimum absolute atomic E-state index is 0.0334. The quantitative estimate of drug-likeness (QED) is 0.419. The van der Waals surface area contributed by atoms with Crippen molar-refractivity contribution >= 4 is 40.7 Å². The third kappa shape index (κ3) is 8.06. The average Bonchev–Trinajstić information content (AvgIpc) is 2.70. The number of carbonyl (C=O) groups excluding carboxylic acids is 3. The summed E-state index contributed by atoms with van der Waals surface area (Å²) in [4.78, 5) is 35.1. The van der Waals surface area contributed by atoms with E-state index in [9.17, 15) is 14.4 Å². The summed E-state index contributed by atoms with van der Waals surface area (Å²) in [6.45, 7) is 7.51. The van der Waals surface area contributed by atoms with Crippen LogP contribution in [0.25, 0.3) is 0 Å². The maximum Gasteiger partial charge on any atom is 0.269 e. The zero-order chi connectivity index (χ0) is 23.0. The van der Waals surface area contributed by atoms with Gasteiger partial charge in [0.15, 0.2) is 11.7 Å². The number of carbonyl (C=O) groups is 3. The van der Waals surface area contributed by atoms with Crippen LogP contribution in [-0.2, 0) is 15.0 Å². The third-order valence-corrected chi connectivity index (χ3v) is 4.30. The maximum absolute atomic E-state index is 12.1. The normalized spacial score (nSPS) is 10.6. The first-order chi connectivity index (χ1) is 14.5. The molecule has 0 radical (unpaired) electrons. The summed E-state index contributed by atoms with van der Waals surface area (Å²) in [7, 11) is 0. The van der Waals surface area contributed by atoms with Gasteiger partial charge >= 0.3 is 0 Å². The second-order valence-corrected chi connectivity index (χ2v) is 8.19. The van der Waals surface area contributed by atoms with Crippen molar-refractivity contribution in [1.29, 1.82) is 0 Å². The van der Waals surface area contributed by atoms with Crippen molar-refractivity contribution in [2.75, 3.05) is 11.9 Å². The molecule has 2 aromatic carbocycles. The van der Waals surface area contributed by atoms with E-state index in [2.05, 4.69) is 42.3 Å². The summed E-state index contributed by atoms with van der Waals surface area (Å²) in [5.74, 6) is -0.559. The molecule has 0 atom stereocenters. The van der Waals surface area contributed by atoms with Gasteiger partial charge in [0, 0.05) is 18.2 Å². The Kier molecular flexibility index (Phi) is 8.09. The van der Waals surface area contributed by atoms with Crippen molar-refractivity contribution < 1.29 is 19.1 Å². The second-order valence-electron chi connectivity index (χ2n) is 7.78. The number of amides is 3. The smallest absolute Gasteiger partial charge is 0.269 e. The summed E-state index contributed by atoms with van der Waals surface area (Å²) in [6.07, 6.45) is 0. The van der Waals surface area contributed by atoms with E-state index in [4.69, 9.17) is 17.0 Å². The van der Waals surface area contributed by atoms with Crippen molar-refractivity contribution in [3.8, 4) is 5.75 Å². The standard InChI is InChI=1S/C22H26N4O4S/c1-14(27)23-17-9-5-15(6-10-17)20(29)25-26-21(31)24-19(28)13-30-18-11-7-16(8-12-18)22(2,3)4/h5-12H,13H2,1-4H3,(H,23,27)(H,25,29)(H2,24,26,28,31). The molecule has 9 heteroatoms. The van der Waals surface area contributed by atoms with E-state index in [1.165, 1.54) is 6.92 Å². The largest absolute Gasteiger partial charge is 0.484 e. The second kappa shape index (κ2) is 10.5. The lowest BCUT2D eigenvalue weighted by Gasteiger charge is -2.19. The molecule has 2 rings (SSSR count). The Labute approximate surface area is 186 Å². The summed E-state index contributed by atoms with van der Waals surface area (Å²) < 4.78 is 5.45. The van der Waals surface area contributed by atoms with E-state index in [1.54, 1.807) is 24.3 Å². The number of hydrazine groups is 1. The van der Waals surface area contributed by atoms with Crippen molar-refractivity contribution in [3.05, 3.63) is 59.7 Å². The molecule has 0 aliphatic rings. The van der Waals surface area contributed by atoms with E-state index in [1.807, 2.05) is 24.3 Å². The molecule has 0 saturated heterocycles. The molecule has 164 valence electrons. The van der Waals surface area contributed by atoms with Gasteiger partial charge in [-0.25, -0.2) is 0 Å². The van der Waals surface area contributed by atoms with Gasteiger partial charge in [0.1, 0.15) is 5.75 Å². The summed E-state index contributed by atoms with van der Waals surface area (Å²) in [6, 6.07) is 13.8. The van der Waals surface area contributed by atoms with Crippen LogP contribution in [0.1, 0.15) is 43.6 Å². The zero-order valence-corrected chi connectivity index (χ0v) is 18.7. The summed E-state index contributed by atoms with van der Waals surface area (Å²) >= 11 is 4.99. The Hall–Kier alpha value is -3.46. The first kappa shape index (κ1) is 23.8. The van der Waals surface area contributed by atoms with Crippen LogP contribution >= 0.6 is 12.2 Å². The van der Waals surface area contributed by atoms with E-state index in [-0.39, 0.29) is 23.0 Å². The highest BCUT2D eigenvalue weighted by atomic mass is 32.1. The van der Waals surface area contributed by atoms with Crippen LogP contribution in [0.3, 0.4) is 0 Å². The highest BCUT2D eigenvalue weighted by molar-refractivity contribution is 7.80. The SMILES string of the molecule is CC(=O)Nc1ccc(C(=O)NNC(=S)NC(=O)COc2ccc(C(C)(C)C)cc2)cc1.